The molecule has 90 valence electrons. The first kappa shape index (κ1) is 12.9. The molecule has 0 amide bonds. The summed E-state index contributed by atoms with van der Waals surface area (Å²) in [6, 6.07) is 3.94. The zero-order chi connectivity index (χ0) is 11.6. The number of hydrogen-bond donors (Lipinski definition) is 1. The highest BCUT2D eigenvalue weighted by Crippen LogP contribution is 2.13. The molecule has 4 heteroatoms. The van der Waals surface area contributed by atoms with Crippen LogP contribution in [0.2, 0.25) is 0 Å². The van der Waals surface area contributed by atoms with Crippen LogP contribution in [0.15, 0.2) is 18.3 Å². The van der Waals surface area contributed by atoms with Gasteiger partial charge in [0, 0.05) is 24.9 Å². The van der Waals surface area contributed by atoms with Gasteiger partial charge < -0.3 is 14.8 Å². The van der Waals surface area contributed by atoms with Gasteiger partial charge in [0.2, 0.25) is 5.88 Å². The highest BCUT2D eigenvalue weighted by Gasteiger charge is 2.03. The average Bonchev–Trinajstić information content (AvgIpc) is 2.33. The van der Waals surface area contributed by atoms with Gasteiger partial charge in [-0.3, -0.25) is 0 Å². The number of rotatable bonds is 8. The lowest BCUT2D eigenvalue weighted by Gasteiger charge is -2.10. The molecular weight excluding hydrogens is 204 g/mol. The fourth-order valence-corrected chi connectivity index (χ4v) is 1.29. The largest absolute Gasteiger partial charge is 0.475 e. The molecule has 1 rings (SSSR count). The minimum atomic E-state index is 0.546. The van der Waals surface area contributed by atoms with Gasteiger partial charge in [-0.25, -0.2) is 4.98 Å². The minimum absolute atomic E-state index is 0.546. The summed E-state index contributed by atoms with van der Waals surface area (Å²) in [5, 5.41) is 3.26. The summed E-state index contributed by atoms with van der Waals surface area (Å²) < 4.78 is 10.8. The molecule has 0 aromatic carbocycles. The van der Waals surface area contributed by atoms with Crippen molar-refractivity contribution in [2.24, 2.45) is 0 Å². The Morgan fingerprint density at radius 2 is 2.19 bits per heavy atom. The third kappa shape index (κ3) is 4.59. The Labute approximate surface area is 97.0 Å². The van der Waals surface area contributed by atoms with Crippen LogP contribution in [0.4, 0.5) is 0 Å². The molecule has 0 saturated carbocycles. The van der Waals surface area contributed by atoms with Crippen LogP contribution in [0.3, 0.4) is 0 Å². The lowest BCUT2D eigenvalue weighted by Crippen LogP contribution is -2.14. The topological polar surface area (TPSA) is 43.4 Å². The first-order chi connectivity index (χ1) is 7.88. The maximum absolute atomic E-state index is 5.56. The molecule has 1 aromatic heterocycles. The van der Waals surface area contributed by atoms with Crippen molar-refractivity contribution >= 4 is 0 Å². The van der Waals surface area contributed by atoms with E-state index in [1.807, 2.05) is 19.1 Å². The SMILES string of the molecule is CCNCc1cccnc1OCCOCC. The summed E-state index contributed by atoms with van der Waals surface area (Å²) in [4.78, 5) is 4.21. The van der Waals surface area contributed by atoms with Crippen molar-refractivity contribution in [2.45, 2.75) is 20.4 Å². The van der Waals surface area contributed by atoms with Gasteiger partial charge in [-0.15, -0.1) is 0 Å². The highest BCUT2D eigenvalue weighted by atomic mass is 16.5. The number of nitrogens with one attached hydrogen (secondary N) is 1. The molecule has 0 unspecified atom stereocenters. The molecule has 0 aliphatic rings. The number of pyridine rings is 1. The van der Waals surface area contributed by atoms with E-state index in [9.17, 15) is 0 Å². The number of nitrogens with zero attached hydrogens (tertiary/aromatic N) is 1. The van der Waals surface area contributed by atoms with Gasteiger partial charge in [0.05, 0.1) is 6.61 Å². The summed E-state index contributed by atoms with van der Waals surface area (Å²) in [6.07, 6.45) is 1.74. The van der Waals surface area contributed by atoms with Gasteiger partial charge >= 0.3 is 0 Å². The molecule has 0 aliphatic heterocycles. The van der Waals surface area contributed by atoms with Crippen molar-refractivity contribution in [3.05, 3.63) is 23.9 Å². The Morgan fingerprint density at radius 1 is 1.31 bits per heavy atom. The van der Waals surface area contributed by atoms with Gasteiger partial charge in [-0.2, -0.15) is 0 Å². The summed E-state index contributed by atoms with van der Waals surface area (Å²) >= 11 is 0. The van der Waals surface area contributed by atoms with Crippen molar-refractivity contribution in [1.82, 2.24) is 10.3 Å². The van der Waals surface area contributed by atoms with E-state index in [-0.39, 0.29) is 0 Å². The quantitative estimate of drug-likeness (QED) is 0.681. The van der Waals surface area contributed by atoms with E-state index in [1.54, 1.807) is 6.20 Å². The summed E-state index contributed by atoms with van der Waals surface area (Å²) in [6.45, 7) is 7.64. The van der Waals surface area contributed by atoms with Crippen molar-refractivity contribution < 1.29 is 9.47 Å². The van der Waals surface area contributed by atoms with Gasteiger partial charge in [0.1, 0.15) is 6.61 Å². The molecule has 4 nitrogen and oxygen atoms in total. The van der Waals surface area contributed by atoms with Gasteiger partial charge in [-0.1, -0.05) is 13.0 Å². The van der Waals surface area contributed by atoms with Crippen LogP contribution in [0.5, 0.6) is 5.88 Å². The van der Waals surface area contributed by atoms with Crippen molar-refractivity contribution in [2.75, 3.05) is 26.4 Å². The number of ether oxygens (including phenoxy) is 2. The van der Waals surface area contributed by atoms with Gasteiger partial charge in [0.25, 0.3) is 0 Å². The fraction of sp³-hybridized carbons (Fsp3) is 0.583. The molecule has 0 spiro atoms. The normalized spacial score (nSPS) is 10.4. The molecule has 0 saturated heterocycles. The first-order valence-corrected chi connectivity index (χ1v) is 5.73. The van der Waals surface area contributed by atoms with Crippen molar-refractivity contribution in [3.63, 3.8) is 0 Å². The smallest absolute Gasteiger partial charge is 0.217 e. The molecule has 16 heavy (non-hydrogen) atoms. The van der Waals surface area contributed by atoms with Crippen molar-refractivity contribution in [1.29, 1.82) is 0 Å². The van der Waals surface area contributed by atoms with Gasteiger partial charge in [-0.05, 0) is 19.5 Å². The molecule has 0 radical (unpaired) electrons. The van der Waals surface area contributed by atoms with Crippen molar-refractivity contribution in [3.8, 4) is 5.88 Å². The Balaban J connectivity index is 2.43. The fourth-order valence-electron chi connectivity index (χ4n) is 1.29. The predicted octanol–water partition coefficient (Wildman–Crippen LogP) is 1.61. The maximum atomic E-state index is 5.56. The first-order valence-electron chi connectivity index (χ1n) is 5.73. The van der Waals surface area contributed by atoms with Crippen LogP contribution in [-0.4, -0.2) is 31.3 Å². The van der Waals surface area contributed by atoms with Gasteiger partial charge in [0.15, 0.2) is 0 Å². The monoisotopic (exact) mass is 224 g/mol. The molecular formula is C12H20N2O2. The van der Waals surface area contributed by atoms with Crippen LogP contribution < -0.4 is 10.1 Å². The Hall–Kier alpha value is -1.13. The zero-order valence-corrected chi connectivity index (χ0v) is 10.0. The molecule has 1 N–H and O–H groups in total. The highest BCUT2D eigenvalue weighted by molar-refractivity contribution is 5.25. The minimum Gasteiger partial charge on any atom is -0.475 e. The average molecular weight is 224 g/mol. The zero-order valence-electron chi connectivity index (χ0n) is 10.0. The molecule has 0 bridgehead atoms. The number of hydrogen-bond acceptors (Lipinski definition) is 4. The predicted molar refractivity (Wildman–Crippen MR) is 63.6 cm³/mol. The maximum Gasteiger partial charge on any atom is 0.217 e. The second kappa shape index (κ2) is 8.07. The molecule has 0 fully saturated rings. The Kier molecular flexibility index (Phi) is 6.53. The Morgan fingerprint density at radius 3 is 2.94 bits per heavy atom. The molecule has 0 aliphatic carbocycles. The van der Waals surface area contributed by atoms with E-state index in [4.69, 9.17) is 9.47 Å². The van der Waals surface area contributed by atoms with E-state index in [2.05, 4.69) is 17.2 Å². The van der Waals surface area contributed by atoms with Crippen LogP contribution in [0, 0.1) is 0 Å². The van der Waals surface area contributed by atoms with Crippen LogP contribution in [0.1, 0.15) is 19.4 Å². The standard InChI is InChI=1S/C12H20N2O2/c1-3-13-10-11-6-5-7-14-12(11)16-9-8-15-4-2/h5-7,13H,3-4,8-10H2,1-2H3. The summed E-state index contributed by atoms with van der Waals surface area (Å²) in [5.74, 6) is 0.697. The Bertz CT molecular complexity index is 292. The summed E-state index contributed by atoms with van der Waals surface area (Å²) in [7, 11) is 0. The second-order valence-corrected chi connectivity index (χ2v) is 3.29. The molecule has 0 atom stereocenters. The van der Waals surface area contributed by atoms with Crippen LogP contribution >= 0.6 is 0 Å². The lowest BCUT2D eigenvalue weighted by molar-refractivity contribution is 0.108. The molecule has 1 heterocycles. The lowest BCUT2D eigenvalue weighted by atomic mass is 10.2. The van der Waals surface area contributed by atoms with E-state index in [1.165, 1.54) is 0 Å². The third-order valence-electron chi connectivity index (χ3n) is 2.09. The summed E-state index contributed by atoms with van der Waals surface area (Å²) in [5.41, 5.74) is 1.08. The van der Waals surface area contributed by atoms with E-state index in [0.717, 1.165) is 25.3 Å². The van der Waals surface area contributed by atoms with E-state index < -0.39 is 0 Å². The van der Waals surface area contributed by atoms with E-state index >= 15 is 0 Å². The van der Waals surface area contributed by atoms with Crippen LogP contribution in [-0.2, 0) is 11.3 Å². The molecule has 1 aromatic rings. The van der Waals surface area contributed by atoms with Crippen LogP contribution in [0.25, 0.3) is 0 Å². The number of aromatic nitrogens is 1. The third-order valence-corrected chi connectivity index (χ3v) is 2.09. The van der Waals surface area contributed by atoms with E-state index in [0.29, 0.717) is 19.1 Å². The second-order valence-electron chi connectivity index (χ2n) is 3.29.